The molecule has 1 heterocycles. The van der Waals surface area contributed by atoms with Gasteiger partial charge in [-0.1, -0.05) is 82.6 Å². The minimum atomic E-state index is 0.803. The van der Waals surface area contributed by atoms with Crippen LogP contribution in [0.2, 0.25) is 0 Å². The van der Waals surface area contributed by atoms with E-state index in [1.807, 2.05) is 60.7 Å². The van der Waals surface area contributed by atoms with Crippen LogP contribution >= 0.6 is 47.8 Å². The van der Waals surface area contributed by atoms with Crippen LogP contribution in [0.1, 0.15) is 16.7 Å². The summed E-state index contributed by atoms with van der Waals surface area (Å²) in [6, 6.07) is 24.4. The van der Waals surface area contributed by atoms with Crippen LogP contribution in [0, 0.1) is 6.17 Å². The van der Waals surface area contributed by atoms with E-state index in [-0.39, 0.29) is 0 Å². The van der Waals surface area contributed by atoms with Crippen molar-refractivity contribution >= 4 is 59.5 Å². The Bertz CT molecular complexity index is 1010. The number of hydrogen-bond acceptors (Lipinski definition) is 2. The minimum Gasteiger partial charge on any atom is -0.327 e. The third-order valence-electron chi connectivity index (χ3n) is 4.08. The van der Waals surface area contributed by atoms with Crippen LogP contribution in [0.25, 0.3) is 0 Å². The van der Waals surface area contributed by atoms with Crippen LogP contribution in [0.5, 0.6) is 0 Å². The molecule has 3 nitrogen and oxygen atoms in total. The maximum Gasteiger partial charge on any atom is 0.261 e. The Hall–Kier alpha value is -1.89. The average molecular weight is 548 g/mol. The topological polar surface area (TPSA) is 38.4 Å². The number of benzene rings is 3. The number of nitrogens with one attached hydrogen (secondary N) is 2. The fraction of sp³-hybridized carbons (Fsp3) is 0. The first-order valence-electron chi connectivity index (χ1n) is 8.23. The quantitative estimate of drug-likeness (QED) is 0.469. The van der Waals surface area contributed by atoms with Gasteiger partial charge in [0.1, 0.15) is 6.17 Å². The third-order valence-corrected chi connectivity index (χ3v) is 5.66. The fourth-order valence-corrected chi connectivity index (χ4v) is 3.48. The number of aliphatic imine (C=N–C) groups is 1. The molecule has 0 amide bonds. The van der Waals surface area contributed by atoms with Crippen molar-refractivity contribution in [2.45, 2.75) is 0 Å². The van der Waals surface area contributed by atoms with Gasteiger partial charge in [-0.05, 0) is 40.9 Å². The third kappa shape index (κ3) is 4.34. The molecule has 0 aliphatic carbocycles. The Balaban J connectivity index is 1.77. The molecule has 134 valence electrons. The van der Waals surface area contributed by atoms with Crippen LogP contribution in [0.15, 0.2) is 91.2 Å². The highest BCUT2D eigenvalue weighted by Gasteiger charge is 2.23. The summed E-state index contributed by atoms with van der Waals surface area (Å²) >= 11 is 10.5. The summed E-state index contributed by atoms with van der Waals surface area (Å²) in [5.41, 5.74) is 3.09. The Morgan fingerprint density at radius 2 is 1.15 bits per heavy atom. The molecule has 0 spiro atoms. The number of hydrogen-bond donors (Lipinski definition) is 2. The van der Waals surface area contributed by atoms with Crippen molar-refractivity contribution in [3.05, 3.63) is 109 Å². The molecule has 0 bridgehead atoms. The Morgan fingerprint density at radius 1 is 0.667 bits per heavy atom. The molecular weight excluding hydrogens is 534 g/mol. The molecule has 0 radical (unpaired) electrons. The maximum atomic E-state index is 4.83. The van der Waals surface area contributed by atoms with Crippen molar-refractivity contribution in [1.29, 1.82) is 0 Å². The number of amidine groups is 2. The van der Waals surface area contributed by atoms with Gasteiger partial charge in [0.15, 0.2) is 0 Å². The van der Waals surface area contributed by atoms with Gasteiger partial charge in [0.25, 0.3) is 5.84 Å². The van der Waals surface area contributed by atoms with E-state index in [0.717, 1.165) is 47.9 Å². The summed E-state index contributed by atoms with van der Waals surface area (Å²) in [6.07, 6.45) is 0.897. The van der Waals surface area contributed by atoms with Crippen LogP contribution in [-0.2, 0) is 0 Å². The lowest BCUT2D eigenvalue weighted by atomic mass is 10.1. The SMILES string of the molecule is Brc1ccc(C2=NC(c3ccc(Br)cc3)=[NH+][C-](c3ccc(Br)cc3)N2)cc1. The van der Waals surface area contributed by atoms with Gasteiger partial charge in [-0.15, -0.1) is 12.1 Å². The fourth-order valence-electron chi connectivity index (χ4n) is 2.69. The molecule has 2 N–H and O–H groups in total. The highest BCUT2D eigenvalue weighted by molar-refractivity contribution is 9.11. The minimum absolute atomic E-state index is 0.803. The normalized spacial score (nSPS) is 13.7. The van der Waals surface area contributed by atoms with Crippen LogP contribution < -0.4 is 10.3 Å². The van der Waals surface area contributed by atoms with Gasteiger partial charge in [0, 0.05) is 20.1 Å². The first kappa shape index (κ1) is 18.5. The van der Waals surface area contributed by atoms with E-state index in [0.29, 0.717) is 0 Å². The zero-order valence-corrected chi connectivity index (χ0v) is 18.8. The van der Waals surface area contributed by atoms with Crippen molar-refractivity contribution in [3.63, 3.8) is 0 Å². The van der Waals surface area contributed by atoms with Gasteiger partial charge in [-0.25, -0.2) is 0 Å². The predicted molar refractivity (Wildman–Crippen MR) is 120 cm³/mol. The first-order valence-corrected chi connectivity index (χ1v) is 10.6. The van der Waals surface area contributed by atoms with Gasteiger partial charge in [-0.3, -0.25) is 0 Å². The molecule has 0 saturated heterocycles. The first-order chi connectivity index (χ1) is 13.1. The molecule has 0 atom stereocenters. The Labute approximate surface area is 183 Å². The average Bonchev–Trinajstić information content (AvgIpc) is 2.69. The maximum absolute atomic E-state index is 4.83. The summed E-state index contributed by atoms with van der Waals surface area (Å²) in [5, 5.41) is 3.43. The van der Waals surface area contributed by atoms with Crippen LogP contribution in [0.3, 0.4) is 0 Å². The van der Waals surface area contributed by atoms with E-state index in [4.69, 9.17) is 4.99 Å². The summed E-state index contributed by atoms with van der Waals surface area (Å²) in [7, 11) is 0. The molecule has 0 fully saturated rings. The standard InChI is InChI=1S/C21H14Br3N3/c22-16-7-1-13(2-8-16)19-25-20(14-3-9-17(23)10-4-14)27-21(26-19)15-5-11-18(24)12-6-15/h1-12,25H,(H,26,27). The lowest BCUT2D eigenvalue weighted by Gasteiger charge is -2.23. The molecule has 0 aromatic heterocycles. The van der Waals surface area contributed by atoms with Gasteiger partial charge in [0.2, 0.25) is 5.84 Å². The Morgan fingerprint density at radius 3 is 1.70 bits per heavy atom. The van der Waals surface area contributed by atoms with Gasteiger partial charge in [0.05, 0.1) is 0 Å². The number of rotatable bonds is 3. The summed E-state index contributed by atoms with van der Waals surface area (Å²) < 4.78 is 3.12. The van der Waals surface area contributed by atoms with Gasteiger partial charge < -0.3 is 10.3 Å². The number of nitrogens with zero attached hydrogens (tertiary/aromatic N) is 1. The van der Waals surface area contributed by atoms with Crippen LogP contribution in [-0.4, -0.2) is 11.7 Å². The molecule has 3 aromatic carbocycles. The lowest BCUT2D eigenvalue weighted by Crippen LogP contribution is -2.81. The second-order valence-corrected chi connectivity index (χ2v) is 8.70. The molecule has 1 aliphatic heterocycles. The monoisotopic (exact) mass is 545 g/mol. The molecular formula is C21H14Br3N3. The highest BCUT2D eigenvalue weighted by atomic mass is 79.9. The summed E-state index contributed by atoms with van der Waals surface area (Å²) in [5.74, 6) is 1.61. The molecule has 0 saturated carbocycles. The molecule has 6 heteroatoms. The zero-order chi connectivity index (χ0) is 18.8. The molecule has 4 rings (SSSR count). The number of halogens is 3. The van der Waals surface area contributed by atoms with E-state index < -0.39 is 0 Å². The predicted octanol–water partition coefficient (Wildman–Crippen LogP) is 4.39. The molecule has 27 heavy (non-hydrogen) atoms. The lowest BCUT2D eigenvalue weighted by molar-refractivity contribution is -0.440. The molecule has 0 unspecified atom stereocenters. The second-order valence-electron chi connectivity index (χ2n) is 5.95. The Kier molecular flexibility index (Phi) is 5.48. The van der Waals surface area contributed by atoms with E-state index in [1.54, 1.807) is 0 Å². The van der Waals surface area contributed by atoms with Crippen LogP contribution in [0.4, 0.5) is 0 Å². The van der Waals surface area contributed by atoms with Crippen molar-refractivity contribution in [2.24, 2.45) is 4.99 Å². The van der Waals surface area contributed by atoms with E-state index in [1.165, 1.54) is 0 Å². The smallest absolute Gasteiger partial charge is 0.261 e. The molecule has 3 aromatic rings. The van der Waals surface area contributed by atoms with Crippen molar-refractivity contribution < 1.29 is 4.99 Å². The van der Waals surface area contributed by atoms with Crippen molar-refractivity contribution in [2.75, 3.05) is 0 Å². The highest BCUT2D eigenvalue weighted by Crippen LogP contribution is 2.17. The van der Waals surface area contributed by atoms with E-state index >= 15 is 0 Å². The summed E-state index contributed by atoms with van der Waals surface area (Å²) in [4.78, 5) is 8.26. The summed E-state index contributed by atoms with van der Waals surface area (Å²) in [6.45, 7) is 0. The molecule has 1 aliphatic rings. The zero-order valence-electron chi connectivity index (χ0n) is 14.0. The van der Waals surface area contributed by atoms with Crippen molar-refractivity contribution in [3.8, 4) is 0 Å². The van der Waals surface area contributed by atoms with Crippen molar-refractivity contribution in [1.82, 2.24) is 5.32 Å². The van der Waals surface area contributed by atoms with E-state index in [2.05, 4.69) is 70.2 Å². The second kappa shape index (κ2) is 8.00. The van der Waals surface area contributed by atoms with Gasteiger partial charge >= 0.3 is 0 Å². The van der Waals surface area contributed by atoms with Gasteiger partial charge in [-0.2, -0.15) is 0 Å². The largest absolute Gasteiger partial charge is 0.327 e. The van der Waals surface area contributed by atoms with E-state index in [9.17, 15) is 0 Å².